The van der Waals surface area contributed by atoms with Gasteiger partial charge in [0.15, 0.2) is 0 Å². The molecule has 0 amide bonds. The van der Waals surface area contributed by atoms with Crippen molar-refractivity contribution in [2.45, 2.75) is 12.2 Å². The normalized spacial score (nSPS) is 15.2. The van der Waals surface area contributed by atoms with E-state index in [-0.39, 0.29) is 26.4 Å². The average Bonchev–Trinajstić information content (AvgIpc) is 2.26. The van der Waals surface area contributed by atoms with Crippen molar-refractivity contribution in [1.82, 2.24) is 0 Å². The van der Waals surface area contributed by atoms with Gasteiger partial charge in [0, 0.05) is 0 Å². The quantitative estimate of drug-likeness (QED) is 0.529. The summed E-state index contributed by atoms with van der Waals surface area (Å²) in [4.78, 5) is 0. The van der Waals surface area contributed by atoms with Gasteiger partial charge in [0.05, 0.1) is 26.4 Å². The Hall–Kier alpha value is -0.200. The molecule has 0 aliphatic heterocycles. The van der Waals surface area contributed by atoms with E-state index in [0.717, 1.165) is 0 Å². The van der Waals surface area contributed by atoms with Gasteiger partial charge in [-0.1, -0.05) is 0 Å². The highest BCUT2D eigenvalue weighted by Crippen LogP contribution is 1.98. The van der Waals surface area contributed by atoms with Crippen LogP contribution in [0.25, 0.3) is 0 Å². The molecule has 0 fully saturated rings. The van der Waals surface area contributed by atoms with Gasteiger partial charge in [-0.2, -0.15) is 0 Å². The number of rotatable bonds is 10. The summed E-state index contributed by atoms with van der Waals surface area (Å²) < 4.78 is 22.9. The van der Waals surface area contributed by atoms with Crippen LogP contribution in [0.5, 0.6) is 0 Å². The highest BCUT2D eigenvalue weighted by Gasteiger charge is 2.11. The molecule has 0 rings (SSSR count). The first-order chi connectivity index (χ1) is 7.28. The summed E-state index contributed by atoms with van der Waals surface area (Å²) in [6.45, 7) is 0.631. The van der Waals surface area contributed by atoms with Gasteiger partial charge in [-0.15, -0.1) is 0 Å². The van der Waals surface area contributed by atoms with E-state index in [1.54, 1.807) is 0 Å². The molecule has 5 nitrogen and oxygen atoms in total. The zero-order valence-corrected chi connectivity index (χ0v) is 8.33. The van der Waals surface area contributed by atoms with Gasteiger partial charge in [0.1, 0.15) is 40.6 Å². The monoisotopic (exact) mass is 214 g/mol. The fraction of sp³-hybridized carbons (Fsp3) is 0.600. The van der Waals surface area contributed by atoms with Crippen molar-refractivity contribution >= 4 is 0 Å². The molecule has 0 bridgehead atoms. The lowest BCUT2D eigenvalue weighted by Crippen LogP contribution is -2.28. The summed E-state index contributed by atoms with van der Waals surface area (Å²) in [6, 6.07) is 0. The van der Waals surface area contributed by atoms with Gasteiger partial charge < -0.3 is 23.7 Å². The van der Waals surface area contributed by atoms with Crippen LogP contribution in [0, 0.1) is 28.4 Å². The van der Waals surface area contributed by atoms with Crippen LogP contribution in [0.4, 0.5) is 0 Å². The Kier molecular flexibility index (Phi) is 10.2. The zero-order chi connectivity index (χ0) is 11.5. The van der Waals surface area contributed by atoms with Crippen molar-refractivity contribution in [3.63, 3.8) is 0 Å². The van der Waals surface area contributed by atoms with E-state index in [2.05, 4.69) is 18.9 Å². The van der Waals surface area contributed by atoms with Gasteiger partial charge in [-0.3, -0.25) is 0 Å². The molecule has 84 valence electrons. The second-order valence-electron chi connectivity index (χ2n) is 2.72. The molecule has 5 heteroatoms. The molecular weight excluding hydrogens is 200 g/mol. The highest BCUT2D eigenvalue weighted by atomic mass is 16.6. The Balaban J connectivity index is 3.55. The van der Waals surface area contributed by atoms with Gasteiger partial charge in [-0.25, -0.2) is 0 Å². The molecule has 0 aromatic rings. The molecule has 0 saturated carbocycles. The maximum atomic E-state index is 5.16. The highest BCUT2D eigenvalue weighted by molar-refractivity contribution is 4.59. The van der Waals surface area contributed by atoms with Crippen LogP contribution in [-0.2, 0) is 23.7 Å². The zero-order valence-electron chi connectivity index (χ0n) is 8.33. The van der Waals surface area contributed by atoms with Crippen LogP contribution in [-0.4, -0.2) is 38.6 Å². The maximum Gasteiger partial charge on any atom is 0.116 e. The fourth-order valence-corrected chi connectivity index (χ4v) is 0.799. The molecule has 0 aliphatic rings. The van der Waals surface area contributed by atoms with Crippen LogP contribution in [0.2, 0.25) is 0 Å². The summed E-state index contributed by atoms with van der Waals surface area (Å²) in [6.07, 6.45) is -0.903. The fourth-order valence-electron chi connectivity index (χ4n) is 0.799. The summed E-state index contributed by atoms with van der Waals surface area (Å²) in [7, 11) is 19.6. The van der Waals surface area contributed by atoms with Gasteiger partial charge in [0.2, 0.25) is 0 Å². The molecule has 8 radical (unpaired) electrons. The van der Waals surface area contributed by atoms with E-state index < -0.39 is 12.2 Å². The molecular formula is C10H14O5. The van der Waals surface area contributed by atoms with E-state index in [0.29, 0.717) is 0 Å². The predicted octanol–water partition coefficient (Wildman–Crippen LogP) is 0.481. The topological polar surface area (TPSA) is 46.2 Å². The lowest BCUT2D eigenvalue weighted by atomic mass is 10.4. The maximum absolute atomic E-state index is 5.16. The van der Waals surface area contributed by atoms with Crippen LogP contribution < -0.4 is 0 Å². The predicted molar refractivity (Wildman–Crippen MR) is 49.7 cm³/mol. The summed E-state index contributed by atoms with van der Waals surface area (Å²) in [5, 5.41) is 0. The van der Waals surface area contributed by atoms with Crippen molar-refractivity contribution in [3.8, 4) is 0 Å². The Labute approximate surface area is 91.6 Å². The lowest BCUT2D eigenvalue weighted by Gasteiger charge is -2.17. The van der Waals surface area contributed by atoms with Crippen LogP contribution in [0.15, 0.2) is 0 Å². The van der Waals surface area contributed by atoms with Crippen LogP contribution >= 0.6 is 0 Å². The van der Waals surface area contributed by atoms with Gasteiger partial charge in [0.25, 0.3) is 0 Å². The number of ether oxygens (including phenoxy) is 5. The van der Waals surface area contributed by atoms with E-state index >= 15 is 0 Å². The minimum Gasteiger partial charge on any atom is -0.376 e. The minimum absolute atomic E-state index is 0.123. The Morgan fingerprint density at radius 3 is 1.33 bits per heavy atom. The molecule has 0 aromatic carbocycles. The smallest absolute Gasteiger partial charge is 0.116 e. The molecule has 0 heterocycles. The molecule has 0 aromatic heterocycles. The average molecular weight is 214 g/mol. The largest absolute Gasteiger partial charge is 0.376 e. The second kappa shape index (κ2) is 10.3. The van der Waals surface area contributed by atoms with Crippen LogP contribution in [0.3, 0.4) is 0 Å². The number of hydrogen-bond acceptors (Lipinski definition) is 5. The minimum atomic E-state index is -0.452. The first-order valence-corrected chi connectivity index (χ1v) is 4.20. The van der Waals surface area contributed by atoms with Crippen molar-refractivity contribution in [1.29, 1.82) is 0 Å². The third-order valence-electron chi connectivity index (χ3n) is 1.56. The van der Waals surface area contributed by atoms with E-state index in [1.165, 1.54) is 0 Å². The molecule has 2 atom stereocenters. The first kappa shape index (κ1) is 14.8. The molecule has 15 heavy (non-hydrogen) atoms. The third-order valence-corrected chi connectivity index (χ3v) is 1.56. The lowest BCUT2D eigenvalue weighted by molar-refractivity contribution is -0.0504. The van der Waals surface area contributed by atoms with Crippen molar-refractivity contribution < 1.29 is 23.7 Å². The Morgan fingerprint density at radius 2 is 1.07 bits per heavy atom. The molecule has 0 aliphatic carbocycles. The molecule has 0 saturated heterocycles. The Morgan fingerprint density at radius 1 is 0.667 bits per heavy atom. The van der Waals surface area contributed by atoms with E-state index in [1.807, 2.05) is 0 Å². The summed E-state index contributed by atoms with van der Waals surface area (Å²) in [5.74, 6) is 0. The van der Waals surface area contributed by atoms with Gasteiger partial charge >= 0.3 is 0 Å². The van der Waals surface area contributed by atoms with Crippen molar-refractivity contribution in [2.75, 3.05) is 26.4 Å². The van der Waals surface area contributed by atoms with Crippen molar-refractivity contribution in [2.24, 2.45) is 0 Å². The third kappa shape index (κ3) is 7.70. The summed E-state index contributed by atoms with van der Waals surface area (Å²) >= 11 is 0. The molecule has 2 unspecified atom stereocenters. The van der Waals surface area contributed by atoms with Gasteiger partial charge in [-0.05, 0) is 0 Å². The van der Waals surface area contributed by atoms with E-state index in [4.69, 9.17) is 33.2 Å². The Bertz CT molecular complexity index is 117. The number of hydrogen-bond donors (Lipinski definition) is 0. The van der Waals surface area contributed by atoms with E-state index in [9.17, 15) is 0 Å². The second-order valence-corrected chi connectivity index (χ2v) is 2.72. The summed E-state index contributed by atoms with van der Waals surface area (Å²) in [5.41, 5.74) is 0. The molecule has 0 spiro atoms. The standard InChI is InChI=1S/C10H14O5/c1-11-5-9(13-3)7-15-8-10(14-4)6-12-2/h1-4,9-10H,5-8H2. The van der Waals surface area contributed by atoms with Crippen LogP contribution in [0.1, 0.15) is 0 Å². The van der Waals surface area contributed by atoms with Crippen molar-refractivity contribution in [3.05, 3.63) is 28.4 Å². The SMILES string of the molecule is [CH]OCC(COCC(CO[CH])O[CH])O[CH]. The first-order valence-electron chi connectivity index (χ1n) is 4.20. The molecule has 0 N–H and O–H groups in total.